The van der Waals surface area contributed by atoms with E-state index < -0.39 is 0 Å². The van der Waals surface area contributed by atoms with E-state index in [0.29, 0.717) is 25.3 Å². The highest BCUT2D eigenvalue weighted by Gasteiger charge is 2.18. The van der Waals surface area contributed by atoms with Gasteiger partial charge in [0.05, 0.1) is 25.6 Å². The topological polar surface area (TPSA) is 82.5 Å². The van der Waals surface area contributed by atoms with E-state index >= 15 is 0 Å². The zero-order valence-corrected chi connectivity index (χ0v) is 13.8. The molecule has 0 saturated heterocycles. The van der Waals surface area contributed by atoms with Crippen LogP contribution in [0, 0.1) is 0 Å². The average Bonchev–Trinajstić information content (AvgIpc) is 3.04. The number of aromatic nitrogens is 2. The van der Waals surface area contributed by atoms with E-state index in [1.54, 1.807) is 17.8 Å². The minimum atomic E-state index is -0.342. The van der Waals surface area contributed by atoms with Gasteiger partial charge < -0.3 is 14.8 Å². The second-order valence-electron chi connectivity index (χ2n) is 4.99. The summed E-state index contributed by atoms with van der Waals surface area (Å²) in [7, 11) is 1.49. The summed E-state index contributed by atoms with van der Waals surface area (Å²) in [5.74, 6) is -0.218. The zero-order chi connectivity index (χ0) is 17.4. The van der Waals surface area contributed by atoms with Crippen LogP contribution in [-0.2, 0) is 9.53 Å². The van der Waals surface area contributed by atoms with Crippen molar-refractivity contribution in [2.75, 3.05) is 20.3 Å². The van der Waals surface area contributed by atoms with Gasteiger partial charge in [-0.2, -0.15) is 5.10 Å². The van der Waals surface area contributed by atoms with E-state index in [2.05, 4.69) is 10.4 Å². The SMILES string of the molecule is CCOC(=O)CCCNC(=O)c1nn(-c2ccccc2)cc1OC. The number of methoxy groups -OCH3 is 1. The molecule has 1 N–H and O–H groups in total. The van der Waals surface area contributed by atoms with Gasteiger partial charge in [0, 0.05) is 13.0 Å². The van der Waals surface area contributed by atoms with Crippen molar-refractivity contribution < 1.29 is 19.1 Å². The Balaban J connectivity index is 1.96. The minimum absolute atomic E-state index is 0.206. The number of hydrogen-bond acceptors (Lipinski definition) is 5. The van der Waals surface area contributed by atoms with Crippen LogP contribution in [-0.4, -0.2) is 41.9 Å². The smallest absolute Gasteiger partial charge is 0.305 e. The van der Waals surface area contributed by atoms with Crippen LogP contribution in [0.25, 0.3) is 5.69 Å². The predicted molar refractivity (Wildman–Crippen MR) is 88.3 cm³/mol. The van der Waals surface area contributed by atoms with Crippen LogP contribution in [0.15, 0.2) is 36.5 Å². The Kier molecular flexibility index (Phi) is 6.36. The molecule has 0 aliphatic heterocycles. The van der Waals surface area contributed by atoms with Crippen molar-refractivity contribution in [2.45, 2.75) is 19.8 Å². The van der Waals surface area contributed by atoms with Crippen molar-refractivity contribution in [2.24, 2.45) is 0 Å². The van der Waals surface area contributed by atoms with Gasteiger partial charge in [0.25, 0.3) is 5.91 Å². The summed E-state index contributed by atoms with van der Waals surface area (Å²) in [6.45, 7) is 2.48. The molecule has 0 fully saturated rings. The second kappa shape index (κ2) is 8.71. The van der Waals surface area contributed by atoms with Gasteiger partial charge in [0.2, 0.25) is 0 Å². The molecule has 2 aromatic rings. The second-order valence-corrected chi connectivity index (χ2v) is 4.99. The summed E-state index contributed by atoms with van der Waals surface area (Å²) in [4.78, 5) is 23.5. The van der Waals surface area contributed by atoms with Crippen LogP contribution in [0.1, 0.15) is 30.3 Å². The number of carbonyl (C=O) groups excluding carboxylic acids is 2. The summed E-state index contributed by atoms with van der Waals surface area (Å²) in [5.41, 5.74) is 1.04. The monoisotopic (exact) mass is 331 g/mol. The van der Waals surface area contributed by atoms with Gasteiger partial charge in [0.1, 0.15) is 0 Å². The molecule has 0 saturated carbocycles. The lowest BCUT2D eigenvalue weighted by Crippen LogP contribution is -2.26. The van der Waals surface area contributed by atoms with Crippen LogP contribution in [0.5, 0.6) is 5.75 Å². The lowest BCUT2D eigenvalue weighted by molar-refractivity contribution is -0.143. The fourth-order valence-corrected chi connectivity index (χ4v) is 2.13. The summed E-state index contributed by atoms with van der Waals surface area (Å²) >= 11 is 0. The first-order chi connectivity index (χ1) is 11.7. The Hall–Kier alpha value is -2.83. The number of para-hydroxylation sites is 1. The molecule has 1 aromatic heterocycles. The molecule has 7 heteroatoms. The van der Waals surface area contributed by atoms with Crippen molar-refractivity contribution in [3.05, 3.63) is 42.2 Å². The average molecular weight is 331 g/mol. The largest absolute Gasteiger partial charge is 0.493 e. The van der Waals surface area contributed by atoms with Gasteiger partial charge in [-0.15, -0.1) is 0 Å². The van der Waals surface area contributed by atoms with E-state index in [1.165, 1.54) is 7.11 Å². The van der Waals surface area contributed by atoms with Crippen LogP contribution < -0.4 is 10.1 Å². The van der Waals surface area contributed by atoms with Crippen LogP contribution >= 0.6 is 0 Å². The Morgan fingerprint density at radius 2 is 2.00 bits per heavy atom. The van der Waals surface area contributed by atoms with E-state index in [4.69, 9.17) is 9.47 Å². The van der Waals surface area contributed by atoms with Crippen LogP contribution in [0.4, 0.5) is 0 Å². The molecule has 0 aliphatic carbocycles. The van der Waals surface area contributed by atoms with Crippen LogP contribution in [0.2, 0.25) is 0 Å². The maximum absolute atomic E-state index is 12.3. The Morgan fingerprint density at radius 1 is 1.25 bits per heavy atom. The van der Waals surface area contributed by atoms with Gasteiger partial charge >= 0.3 is 5.97 Å². The number of benzene rings is 1. The lowest BCUT2D eigenvalue weighted by atomic mass is 10.3. The minimum Gasteiger partial charge on any atom is -0.493 e. The Morgan fingerprint density at radius 3 is 2.67 bits per heavy atom. The molecule has 1 heterocycles. The number of hydrogen-bond donors (Lipinski definition) is 1. The first-order valence-corrected chi connectivity index (χ1v) is 7.78. The van der Waals surface area contributed by atoms with Gasteiger partial charge in [-0.1, -0.05) is 18.2 Å². The van der Waals surface area contributed by atoms with Crippen LogP contribution in [0.3, 0.4) is 0 Å². The Labute approximate surface area is 140 Å². The molecule has 128 valence electrons. The molecule has 7 nitrogen and oxygen atoms in total. The highest BCUT2D eigenvalue weighted by molar-refractivity contribution is 5.94. The molecule has 0 bridgehead atoms. The molecule has 2 rings (SSSR count). The molecule has 0 unspecified atom stereocenters. The number of carbonyl (C=O) groups is 2. The van der Waals surface area contributed by atoms with Gasteiger partial charge in [-0.05, 0) is 25.5 Å². The van der Waals surface area contributed by atoms with Crippen molar-refractivity contribution in [3.8, 4) is 11.4 Å². The number of ether oxygens (including phenoxy) is 2. The van der Waals surface area contributed by atoms with Gasteiger partial charge in [0.15, 0.2) is 11.4 Å². The summed E-state index contributed by atoms with van der Waals surface area (Å²) in [5, 5.41) is 7.02. The molecule has 1 aromatic carbocycles. The normalized spacial score (nSPS) is 10.2. The maximum Gasteiger partial charge on any atom is 0.305 e. The first kappa shape index (κ1) is 17.5. The molecule has 1 amide bonds. The third-order valence-electron chi connectivity index (χ3n) is 3.28. The molecular formula is C17H21N3O4. The fraction of sp³-hybridized carbons (Fsp3) is 0.353. The third kappa shape index (κ3) is 4.58. The van der Waals surface area contributed by atoms with E-state index in [-0.39, 0.29) is 24.0 Å². The number of esters is 1. The maximum atomic E-state index is 12.3. The van der Waals surface area contributed by atoms with E-state index in [9.17, 15) is 9.59 Å². The summed E-state index contributed by atoms with van der Waals surface area (Å²) < 4.78 is 11.7. The number of nitrogens with zero attached hydrogens (tertiary/aromatic N) is 2. The lowest BCUT2D eigenvalue weighted by Gasteiger charge is -2.04. The summed E-state index contributed by atoms with van der Waals surface area (Å²) in [6.07, 6.45) is 2.43. The molecule has 0 spiro atoms. The van der Waals surface area contributed by atoms with Gasteiger partial charge in [-0.3, -0.25) is 9.59 Å². The molecule has 24 heavy (non-hydrogen) atoms. The van der Waals surface area contributed by atoms with Gasteiger partial charge in [-0.25, -0.2) is 4.68 Å². The van der Waals surface area contributed by atoms with Crippen molar-refractivity contribution in [1.82, 2.24) is 15.1 Å². The Bertz CT molecular complexity index is 682. The van der Waals surface area contributed by atoms with Crippen molar-refractivity contribution in [3.63, 3.8) is 0 Å². The number of nitrogens with one attached hydrogen (secondary N) is 1. The molecule has 0 aliphatic rings. The number of rotatable bonds is 8. The standard InChI is InChI=1S/C17H21N3O4/c1-3-24-15(21)10-7-11-18-17(22)16-14(23-2)12-20(19-16)13-8-5-4-6-9-13/h4-6,8-9,12H,3,7,10-11H2,1-2H3,(H,18,22). The van der Waals surface area contributed by atoms with E-state index in [0.717, 1.165) is 5.69 Å². The number of amides is 1. The predicted octanol–water partition coefficient (Wildman–Crippen LogP) is 1.95. The van der Waals surface area contributed by atoms with E-state index in [1.807, 2.05) is 30.3 Å². The highest BCUT2D eigenvalue weighted by atomic mass is 16.5. The third-order valence-corrected chi connectivity index (χ3v) is 3.28. The molecular weight excluding hydrogens is 310 g/mol. The zero-order valence-electron chi connectivity index (χ0n) is 13.8. The van der Waals surface area contributed by atoms with Crippen molar-refractivity contribution >= 4 is 11.9 Å². The molecule has 0 radical (unpaired) electrons. The highest BCUT2D eigenvalue weighted by Crippen LogP contribution is 2.19. The fourth-order valence-electron chi connectivity index (χ4n) is 2.13. The summed E-state index contributed by atoms with van der Waals surface area (Å²) in [6, 6.07) is 9.44. The quantitative estimate of drug-likeness (QED) is 0.590. The first-order valence-electron chi connectivity index (χ1n) is 7.78. The molecule has 0 atom stereocenters. The van der Waals surface area contributed by atoms with Crippen molar-refractivity contribution in [1.29, 1.82) is 0 Å².